The van der Waals surface area contributed by atoms with Crippen LogP contribution >= 0.6 is 11.6 Å². The minimum absolute atomic E-state index is 0.690. The number of H-pyrrole nitrogens is 2. The lowest BCUT2D eigenvalue weighted by atomic mass is 10.1. The number of carbonyl (C=O) groups excluding carboxylic acids is 1. The fourth-order valence-corrected chi connectivity index (χ4v) is 2.44. The number of aromatic amines is 2. The van der Waals surface area contributed by atoms with Crippen molar-refractivity contribution in [3.63, 3.8) is 0 Å². The number of rotatable bonds is 1. The largest absolute Gasteiger partial charge is 0.354 e. The van der Waals surface area contributed by atoms with E-state index in [-0.39, 0.29) is 0 Å². The number of benzene rings is 2. The van der Waals surface area contributed by atoms with Gasteiger partial charge in [-0.15, -0.1) is 0 Å². The normalized spacial score (nSPS) is 10.3. The van der Waals surface area contributed by atoms with Crippen LogP contribution in [0.5, 0.6) is 0 Å². The molecule has 2 aromatic carbocycles. The third kappa shape index (κ3) is 2.69. The average molecular weight is 297 g/mol. The van der Waals surface area contributed by atoms with Gasteiger partial charge in [-0.2, -0.15) is 0 Å². The number of carbonyl (C=O) groups is 1. The second-order valence-corrected chi connectivity index (χ2v) is 4.98. The number of fused-ring (bicyclic) bond motifs is 3. The zero-order valence-corrected chi connectivity index (χ0v) is 11.9. The van der Waals surface area contributed by atoms with E-state index in [0.717, 1.165) is 28.1 Å². The van der Waals surface area contributed by atoms with Crippen LogP contribution in [-0.2, 0) is 0 Å². The SMILES string of the molecule is Clc1ccc[nH]1.O=Cc1cccc2c1[nH]c1ccccc12. The van der Waals surface area contributed by atoms with Crippen LogP contribution in [-0.4, -0.2) is 16.3 Å². The van der Waals surface area contributed by atoms with Crippen molar-refractivity contribution in [1.29, 1.82) is 0 Å². The maximum Gasteiger partial charge on any atom is 0.152 e. The third-order valence-corrected chi connectivity index (χ3v) is 3.50. The summed E-state index contributed by atoms with van der Waals surface area (Å²) in [4.78, 5) is 16.9. The molecule has 0 unspecified atom stereocenters. The first-order valence-electron chi connectivity index (χ1n) is 6.53. The first-order valence-corrected chi connectivity index (χ1v) is 6.91. The van der Waals surface area contributed by atoms with Gasteiger partial charge in [-0.1, -0.05) is 41.9 Å². The zero-order valence-electron chi connectivity index (χ0n) is 11.1. The number of nitrogens with one attached hydrogen (secondary N) is 2. The van der Waals surface area contributed by atoms with E-state index in [4.69, 9.17) is 11.6 Å². The maximum atomic E-state index is 10.9. The molecule has 2 heterocycles. The lowest BCUT2D eigenvalue weighted by Gasteiger charge is -1.92. The van der Waals surface area contributed by atoms with E-state index in [1.165, 1.54) is 0 Å². The topological polar surface area (TPSA) is 48.6 Å². The van der Waals surface area contributed by atoms with Gasteiger partial charge in [-0.3, -0.25) is 4.79 Å². The van der Waals surface area contributed by atoms with E-state index in [0.29, 0.717) is 10.7 Å². The molecular weight excluding hydrogens is 284 g/mol. The van der Waals surface area contributed by atoms with E-state index in [1.807, 2.05) is 42.5 Å². The Hall–Kier alpha value is -2.52. The molecule has 0 atom stereocenters. The van der Waals surface area contributed by atoms with Crippen LogP contribution in [0.15, 0.2) is 60.8 Å². The molecule has 0 fully saturated rings. The molecule has 0 saturated heterocycles. The molecule has 4 aromatic rings. The monoisotopic (exact) mass is 296 g/mol. The number of halogens is 1. The van der Waals surface area contributed by atoms with E-state index in [2.05, 4.69) is 16.0 Å². The van der Waals surface area contributed by atoms with Crippen LogP contribution in [0.25, 0.3) is 21.8 Å². The summed E-state index contributed by atoms with van der Waals surface area (Å²) in [5, 5.41) is 2.96. The summed E-state index contributed by atoms with van der Waals surface area (Å²) in [5.41, 5.74) is 2.71. The Morgan fingerprint density at radius 3 is 2.38 bits per heavy atom. The van der Waals surface area contributed by atoms with Gasteiger partial charge in [0.25, 0.3) is 0 Å². The molecule has 4 heteroatoms. The van der Waals surface area contributed by atoms with E-state index >= 15 is 0 Å². The van der Waals surface area contributed by atoms with Gasteiger partial charge >= 0.3 is 0 Å². The molecule has 21 heavy (non-hydrogen) atoms. The van der Waals surface area contributed by atoms with Gasteiger partial charge in [0.05, 0.1) is 5.52 Å². The van der Waals surface area contributed by atoms with Crippen molar-refractivity contribution < 1.29 is 4.79 Å². The molecule has 4 rings (SSSR count). The number of aromatic nitrogens is 2. The van der Waals surface area contributed by atoms with Crippen LogP contribution in [0.2, 0.25) is 5.15 Å². The molecule has 104 valence electrons. The van der Waals surface area contributed by atoms with Crippen LogP contribution in [0.4, 0.5) is 0 Å². The molecule has 0 aliphatic carbocycles. The quantitative estimate of drug-likeness (QED) is 0.487. The molecular formula is C17H13ClN2O. The maximum absolute atomic E-state index is 10.9. The Morgan fingerprint density at radius 2 is 1.71 bits per heavy atom. The van der Waals surface area contributed by atoms with Crippen LogP contribution in [0.1, 0.15) is 10.4 Å². The van der Waals surface area contributed by atoms with Crippen molar-refractivity contribution >= 4 is 39.7 Å². The minimum Gasteiger partial charge on any atom is -0.354 e. The number of hydrogen-bond donors (Lipinski definition) is 2. The lowest BCUT2D eigenvalue weighted by molar-refractivity contribution is 0.112. The third-order valence-electron chi connectivity index (χ3n) is 3.26. The highest BCUT2D eigenvalue weighted by Gasteiger charge is 2.05. The van der Waals surface area contributed by atoms with Gasteiger partial charge in [0.2, 0.25) is 0 Å². The van der Waals surface area contributed by atoms with Crippen LogP contribution < -0.4 is 0 Å². The summed E-state index contributed by atoms with van der Waals surface area (Å²) >= 11 is 5.40. The van der Waals surface area contributed by atoms with Gasteiger partial charge in [0.15, 0.2) is 6.29 Å². The molecule has 2 N–H and O–H groups in total. The Kier molecular flexibility index (Phi) is 3.75. The summed E-state index contributed by atoms with van der Waals surface area (Å²) in [7, 11) is 0. The van der Waals surface area contributed by atoms with Crippen molar-refractivity contribution in [2.24, 2.45) is 0 Å². The van der Waals surface area contributed by atoms with Crippen molar-refractivity contribution in [3.05, 3.63) is 71.5 Å². The van der Waals surface area contributed by atoms with Crippen LogP contribution in [0.3, 0.4) is 0 Å². The predicted molar refractivity (Wildman–Crippen MR) is 87.0 cm³/mol. The fraction of sp³-hybridized carbons (Fsp3) is 0. The summed E-state index contributed by atoms with van der Waals surface area (Å²) in [5.74, 6) is 0. The summed E-state index contributed by atoms with van der Waals surface area (Å²) < 4.78 is 0. The highest BCUT2D eigenvalue weighted by Crippen LogP contribution is 2.26. The Morgan fingerprint density at radius 1 is 0.905 bits per heavy atom. The first kappa shape index (κ1) is 13.5. The molecule has 0 spiro atoms. The molecule has 0 radical (unpaired) electrons. The Balaban J connectivity index is 0.000000186. The highest BCUT2D eigenvalue weighted by atomic mass is 35.5. The second kappa shape index (κ2) is 5.85. The summed E-state index contributed by atoms with van der Waals surface area (Å²) in [6, 6.07) is 17.5. The van der Waals surface area contributed by atoms with Crippen molar-refractivity contribution in [2.75, 3.05) is 0 Å². The van der Waals surface area contributed by atoms with Crippen molar-refractivity contribution in [1.82, 2.24) is 9.97 Å². The highest BCUT2D eigenvalue weighted by molar-refractivity contribution is 6.29. The Bertz CT molecular complexity index is 878. The number of aldehydes is 1. The van der Waals surface area contributed by atoms with E-state index in [9.17, 15) is 4.79 Å². The molecule has 2 aromatic heterocycles. The molecule has 3 nitrogen and oxygen atoms in total. The van der Waals surface area contributed by atoms with E-state index in [1.54, 1.807) is 12.3 Å². The smallest absolute Gasteiger partial charge is 0.152 e. The van der Waals surface area contributed by atoms with Crippen molar-refractivity contribution in [3.8, 4) is 0 Å². The van der Waals surface area contributed by atoms with E-state index < -0.39 is 0 Å². The molecule has 0 aliphatic heterocycles. The first-order chi connectivity index (χ1) is 10.3. The van der Waals surface area contributed by atoms with Gasteiger partial charge in [-0.25, -0.2) is 0 Å². The van der Waals surface area contributed by atoms with Gasteiger partial charge in [0, 0.05) is 28.0 Å². The molecule has 0 bridgehead atoms. The van der Waals surface area contributed by atoms with Gasteiger partial charge in [0.1, 0.15) is 5.15 Å². The fourth-order valence-electron chi connectivity index (χ4n) is 2.30. The van der Waals surface area contributed by atoms with Crippen LogP contribution in [0, 0.1) is 0 Å². The predicted octanol–water partition coefficient (Wildman–Crippen LogP) is 4.80. The minimum atomic E-state index is 0.690. The van der Waals surface area contributed by atoms with Gasteiger partial charge < -0.3 is 9.97 Å². The summed E-state index contributed by atoms with van der Waals surface area (Å²) in [6.07, 6.45) is 2.67. The summed E-state index contributed by atoms with van der Waals surface area (Å²) in [6.45, 7) is 0. The van der Waals surface area contributed by atoms with Gasteiger partial charge in [-0.05, 0) is 24.3 Å². The second-order valence-electron chi connectivity index (χ2n) is 4.58. The number of hydrogen-bond acceptors (Lipinski definition) is 1. The lowest BCUT2D eigenvalue weighted by Crippen LogP contribution is -1.80. The molecule has 0 amide bonds. The average Bonchev–Trinajstić information content (AvgIpc) is 3.14. The Labute approximate surface area is 126 Å². The molecule has 0 aliphatic rings. The van der Waals surface area contributed by atoms with Crippen molar-refractivity contribution in [2.45, 2.75) is 0 Å². The zero-order chi connectivity index (χ0) is 14.7. The molecule has 0 saturated carbocycles. The number of para-hydroxylation sites is 2. The standard InChI is InChI=1S/C13H9NO.C4H4ClN/c15-8-9-4-3-6-11-10-5-1-2-7-12(10)14-13(9)11;5-4-2-1-3-6-4/h1-8,14H;1-3,6H.